The van der Waals surface area contributed by atoms with E-state index in [4.69, 9.17) is 6.48 Å². The first kappa shape index (κ1) is 8.49. The van der Waals surface area contributed by atoms with E-state index < -0.39 is 18.5 Å². The third kappa shape index (κ3) is 7.29. The zero-order chi connectivity index (χ0) is 9.99. The van der Waals surface area contributed by atoms with Gasteiger partial charge in [-0.15, -0.1) is 0 Å². The molecule has 0 aromatic heterocycles. The fourth-order valence-corrected chi connectivity index (χ4v) is 0.778. The van der Waals surface area contributed by atoms with E-state index in [1.807, 2.05) is 0 Å². The summed E-state index contributed by atoms with van der Waals surface area (Å²) in [4.78, 5) is 10.2. The largest absolute Gasteiger partial charge is 0.481 e. The summed E-state index contributed by atoms with van der Waals surface area (Å²) in [7, 11) is 5.38. The minimum absolute atomic E-state index is 0.0965. The molecule has 0 saturated carbocycles. The van der Waals surface area contributed by atoms with E-state index in [9.17, 15) is 9.90 Å². The summed E-state index contributed by atoms with van der Waals surface area (Å²) in [5.74, 6) is -1.15. The average molecular weight is 163 g/mol. The maximum atomic E-state index is 10.2. The summed E-state index contributed by atoms with van der Waals surface area (Å²) in [5, 5.41) is 17.6. The van der Waals surface area contributed by atoms with Gasteiger partial charge in [0.1, 0.15) is 12.6 Å². The molecule has 66 valence electrons. The molecule has 4 nitrogen and oxygen atoms in total. The van der Waals surface area contributed by atoms with Crippen molar-refractivity contribution >= 4 is 5.97 Å². The first-order valence-electron chi connectivity index (χ1n) is 3.87. The number of carboxylic acids is 1. The van der Waals surface area contributed by atoms with Crippen LogP contribution in [-0.2, 0) is 4.79 Å². The Kier molecular flexibility index (Phi) is 2.84. The van der Waals surface area contributed by atoms with Gasteiger partial charge < -0.3 is 14.7 Å². The summed E-state index contributed by atoms with van der Waals surface area (Å²) in [5.41, 5.74) is 0. The van der Waals surface area contributed by atoms with Crippen LogP contribution in [0, 0.1) is 0 Å². The van der Waals surface area contributed by atoms with E-state index in [1.54, 1.807) is 21.1 Å². The smallest absolute Gasteiger partial charge is 0.306 e. The highest BCUT2D eigenvalue weighted by atomic mass is 16.4. The van der Waals surface area contributed by atoms with Crippen molar-refractivity contribution in [3.63, 3.8) is 0 Å². The van der Waals surface area contributed by atoms with Crippen molar-refractivity contribution in [3.05, 3.63) is 0 Å². The quantitative estimate of drug-likeness (QED) is 0.551. The third-order valence-corrected chi connectivity index (χ3v) is 1.01. The number of nitrogens with zero attached hydrogens (tertiary/aromatic N) is 1. The molecule has 0 spiro atoms. The van der Waals surface area contributed by atoms with Crippen LogP contribution in [0.5, 0.6) is 0 Å². The predicted octanol–water partition coefficient (Wildman–Crippen LogP) is -0.472. The van der Waals surface area contributed by atoms with Crippen LogP contribution in [0.1, 0.15) is 7.79 Å². The molecule has 0 aliphatic heterocycles. The predicted molar refractivity (Wildman–Crippen MR) is 41.2 cm³/mol. The molecule has 0 rings (SSSR count). The average Bonchev–Trinajstić information content (AvgIpc) is 1.48. The molecule has 0 aromatic rings. The van der Waals surface area contributed by atoms with Crippen molar-refractivity contribution < 1.29 is 20.9 Å². The zero-order valence-electron chi connectivity index (χ0n) is 8.16. The number of hydrogen-bond donors (Lipinski definition) is 2. The van der Waals surface area contributed by atoms with Crippen LogP contribution in [0.15, 0.2) is 0 Å². The molecule has 0 aromatic carbocycles. The lowest BCUT2D eigenvalue weighted by atomic mass is 10.2. The molecular formula is C7H16NO3+. The second-order valence-corrected chi connectivity index (χ2v) is 3.59. The molecule has 0 heterocycles. The van der Waals surface area contributed by atoms with Crippen molar-refractivity contribution in [2.24, 2.45) is 0 Å². The Balaban J connectivity index is 4.13. The van der Waals surface area contributed by atoms with Crippen LogP contribution in [-0.4, -0.2) is 54.4 Å². The fraction of sp³-hybridized carbons (Fsp3) is 0.857. The number of aliphatic carboxylic acids is 1. The summed E-state index contributed by atoms with van der Waals surface area (Å²) >= 11 is 0. The molecule has 0 aliphatic rings. The SMILES string of the molecule is [2H][C@](O)(CC(=O)O)C[N+](C)(C)C. The maximum absolute atomic E-state index is 10.2. The van der Waals surface area contributed by atoms with Gasteiger partial charge in [-0.3, -0.25) is 4.79 Å². The molecule has 1 atom stereocenters. The minimum atomic E-state index is -1.87. The molecule has 0 amide bonds. The summed E-state index contributed by atoms with van der Waals surface area (Å²) in [6.07, 6.45) is -2.41. The molecule has 11 heavy (non-hydrogen) atoms. The molecule has 4 heteroatoms. The van der Waals surface area contributed by atoms with Gasteiger partial charge in [0, 0.05) is 0 Å². The highest BCUT2D eigenvalue weighted by molar-refractivity contribution is 5.67. The Hall–Kier alpha value is -0.610. The Morgan fingerprint density at radius 1 is 1.64 bits per heavy atom. The number of quaternary nitrogens is 1. The maximum Gasteiger partial charge on any atom is 0.306 e. The number of rotatable bonds is 4. The molecular weight excluding hydrogens is 146 g/mol. The van der Waals surface area contributed by atoms with Crippen molar-refractivity contribution in [1.82, 2.24) is 0 Å². The number of carboxylic acid groups (broad SMARTS) is 1. The van der Waals surface area contributed by atoms with E-state index >= 15 is 0 Å². The molecule has 0 fully saturated rings. The lowest BCUT2D eigenvalue weighted by Gasteiger charge is -2.25. The Morgan fingerprint density at radius 2 is 2.09 bits per heavy atom. The van der Waals surface area contributed by atoms with Crippen molar-refractivity contribution in [3.8, 4) is 0 Å². The summed E-state index contributed by atoms with van der Waals surface area (Å²) in [6, 6.07) is 0. The third-order valence-electron chi connectivity index (χ3n) is 1.01. The van der Waals surface area contributed by atoms with Gasteiger partial charge in [-0.05, 0) is 0 Å². The standard InChI is InChI=1S/C7H15NO3/c1-8(2,3)5-6(9)4-7(10)11/h6,9H,4-5H2,1-3H3/p+1/t6-/m0/s1/i6D. The summed E-state index contributed by atoms with van der Waals surface area (Å²) < 4.78 is 7.64. The molecule has 0 saturated heterocycles. The van der Waals surface area contributed by atoms with Crippen LogP contribution in [0.3, 0.4) is 0 Å². The minimum Gasteiger partial charge on any atom is -0.481 e. The first-order chi connectivity index (χ1) is 5.12. The monoisotopic (exact) mass is 163 g/mol. The van der Waals surface area contributed by atoms with Crippen molar-refractivity contribution in [1.29, 1.82) is 0 Å². The van der Waals surface area contributed by atoms with E-state index in [1.165, 1.54) is 0 Å². The highest BCUT2D eigenvalue weighted by Crippen LogP contribution is 1.98. The van der Waals surface area contributed by atoms with Gasteiger partial charge >= 0.3 is 5.97 Å². The van der Waals surface area contributed by atoms with Gasteiger partial charge in [0.05, 0.1) is 28.9 Å². The molecule has 0 aliphatic carbocycles. The topological polar surface area (TPSA) is 57.5 Å². The molecule has 2 N–H and O–H groups in total. The second kappa shape index (κ2) is 3.69. The second-order valence-electron chi connectivity index (χ2n) is 3.59. The van der Waals surface area contributed by atoms with Gasteiger partial charge in [-0.2, -0.15) is 0 Å². The van der Waals surface area contributed by atoms with E-state index in [-0.39, 0.29) is 6.54 Å². The zero-order valence-corrected chi connectivity index (χ0v) is 7.16. The van der Waals surface area contributed by atoms with Gasteiger partial charge in [0.15, 0.2) is 0 Å². The Morgan fingerprint density at radius 3 is 2.36 bits per heavy atom. The number of carbonyl (C=O) groups is 1. The lowest BCUT2D eigenvalue weighted by molar-refractivity contribution is -0.873. The Labute approximate surface area is 68.1 Å². The Bertz CT molecular complexity index is 174. The number of aliphatic hydroxyl groups is 1. The van der Waals surface area contributed by atoms with Crippen LogP contribution in [0.25, 0.3) is 0 Å². The van der Waals surface area contributed by atoms with Gasteiger partial charge in [0.2, 0.25) is 0 Å². The van der Waals surface area contributed by atoms with Crippen molar-refractivity contribution in [2.45, 2.75) is 12.5 Å². The normalized spacial score (nSPS) is 18.7. The number of hydrogen-bond acceptors (Lipinski definition) is 2. The lowest BCUT2D eigenvalue weighted by Crippen LogP contribution is -2.42. The van der Waals surface area contributed by atoms with Crippen molar-refractivity contribution in [2.75, 3.05) is 27.7 Å². The van der Waals surface area contributed by atoms with Gasteiger partial charge in [-0.25, -0.2) is 0 Å². The summed E-state index contributed by atoms with van der Waals surface area (Å²) in [6.45, 7) is 0.0965. The molecule has 0 bridgehead atoms. The molecule has 0 radical (unpaired) electrons. The van der Waals surface area contributed by atoms with E-state index in [0.717, 1.165) is 0 Å². The van der Waals surface area contributed by atoms with Crippen LogP contribution < -0.4 is 0 Å². The first-order valence-corrected chi connectivity index (χ1v) is 3.37. The van der Waals surface area contributed by atoms with Crippen LogP contribution >= 0.6 is 0 Å². The van der Waals surface area contributed by atoms with Crippen LogP contribution in [0.4, 0.5) is 0 Å². The van der Waals surface area contributed by atoms with E-state index in [2.05, 4.69) is 0 Å². The van der Waals surface area contributed by atoms with Gasteiger partial charge in [-0.1, -0.05) is 0 Å². The molecule has 0 unspecified atom stereocenters. The van der Waals surface area contributed by atoms with E-state index in [0.29, 0.717) is 4.48 Å². The number of likely N-dealkylation sites (N-methyl/N-ethyl adjacent to an activating group) is 1. The van der Waals surface area contributed by atoms with Crippen LogP contribution in [0.2, 0.25) is 0 Å². The van der Waals surface area contributed by atoms with Gasteiger partial charge in [0.25, 0.3) is 0 Å². The highest BCUT2D eigenvalue weighted by Gasteiger charge is 2.17. The fourth-order valence-electron chi connectivity index (χ4n) is 0.778.